The topological polar surface area (TPSA) is 131 Å². The third-order valence-electron chi connectivity index (χ3n) is 3.79. The van der Waals surface area contributed by atoms with Crippen LogP contribution in [-0.4, -0.2) is 72.6 Å². The standard InChI is InChI=1S/C11H7F6NO4.C11H13NO4/c12-4-10(14,15)21-8(19)6-2-1-3-18-7(6)9(20)22-11(16,17)5-13;1-3-15-10(13)8-6-5-7-12-9(8)11(14)16-4-2/h1-3H,4-5H2;5-7H,3-4H2,1-2H3. The molecule has 0 amide bonds. The van der Waals surface area contributed by atoms with E-state index in [4.69, 9.17) is 9.47 Å². The van der Waals surface area contributed by atoms with Crippen LogP contribution in [0.2, 0.25) is 0 Å². The number of halogens is 6. The fourth-order valence-electron chi connectivity index (χ4n) is 2.30. The summed E-state index contributed by atoms with van der Waals surface area (Å²) in [4.78, 5) is 52.8. The van der Waals surface area contributed by atoms with Crippen molar-refractivity contribution in [3.05, 3.63) is 59.2 Å². The van der Waals surface area contributed by atoms with E-state index in [-0.39, 0.29) is 24.5 Å². The lowest BCUT2D eigenvalue weighted by Gasteiger charge is -2.15. The molecule has 2 heterocycles. The molecule has 0 saturated carbocycles. The number of carbonyl (C=O) groups excluding carboxylic acids is 4. The van der Waals surface area contributed by atoms with Crippen molar-refractivity contribution in [1.82, 2.24) is 9.97 Å². The van der Waals surface area contributed by atoms with Crippen LogP contribution in [0, 0.1) is 0 Å². The highest BCUT2D eigenvalue weighted by molar-refractivity contribution is 6.02. The Balaban J connectivity index is 0.000000399. The maximum Gasteiger partial charge on any atom is 0.429 e. The van der Waals surface area contributed by atoms with Crippen molar-refractivity contribution in [3.63, 3.8) is 0 Å². The summed E-state index contributed by atoms with van der Waals surface area (Å²) >= 11 is 0. The summed E-state index contributed by atoms with van der Waals surface area (Å²) in [5.74, 6) is -5.03. The molecule has 2 rings (SSSR count). The van der Waals surface area contributed by atoms with Gasteiger partial charge in [-0.15, -0.1) is 0 Å². The van der Waals surface area contributed by atoms with Gasteiger partial charge in [0.1, 0.15) is 0 Å². The van der Waals surface area contributed by atoms with Crippen LogP contribution >= 0.6 is 0 Å². The molecule has 0 radical (unpaired) electrons. The highest BCUT2D eigenvalue weighted by atomic mass is 19.3. The Morgan fingerprint density at radius 2 is 1.08 bits per heavy atom. The zero-order chi connectivity index (χ0) is 28.9. The molecule has 0 atom stereocenters. The Kier molecular flexibility index (Phi) is 12.1. The molecule has 0 aliphatic carbocycles. The molecule has 0 N–H and O–H groups in total. The van der Waals surface area contributed by atoms with E-state index < -0.39 is 60.7 Å². The number of esters is 4. The molecule has 10 nitrogen and oxygen atoms in total. The van der Waals surface area contributed by atoms with Crippen molar-refractivity contribution < 1.29 is 64.5 Å². The van der Waals surface area contributed by atoms with Crippen molar-refractivity contribution in [2.24, 2.45) is 0 Å². The lowest BCUT2D eigenvalue weighted by molar-refractivity contribution is -0.211. The van der Waals surface area contributed by atoms with Crippen LogP contribution in [0.25, 0.3) is 0 Å². The molecule has 0 fully saturated rings. The van der Waals surface area contributed by atoms with Crippen LogP contribution in [0.5, 0.6) is 0 Å². The van der Waals surface area contributed by atoms with E-state index in [0.29, 0.717) is 0 Å². The van der Waals surface area contributed by atoms with Crippen LogP contribution in [0.4, 0.5) is 26.3 Å². The van der Waals surface area contributed by atoms with E-state index in [0.717, 1.165) is 18.3 Å². The monoisotopic (exact) mass is 554 g/mol. The molecule has 38 heavy (non-hydrogen) atoms. The van der Waals surface area contributed by atoms with Gasteiger partial charge in [0.15, 0.2) is 24.7 Å². The summed E-state index contributed by atoms with van der Waals surface area (Å²) in [5, 5.41) is 0. The number of carbonyl (C=O) groups is 4. The normalized spacial score (nSPS) is 10.9. The Bertz CT molecular complexity index is 1050. The van der Waals surface area contributed by atoms with Crippen LogP contribution < -0.4 is 0 Å². The van der Waals surface area contributed by atoms with Crippen molar-refractivity contribution >= 4 is 23.9 Å². The summed E-state index contributed by atoms with van der Waals surface area (Å²) in [6, 6.07) is 4.77. The van der Waals surface area contributed by atoms with E-state index in [9.17, 15) is 45.5 Å². The number of ether oxygens (including phenoxy) is 4. The molecule has 0 aromatic carbocycles. The minimum absolute atomic E-state index is 0.0113. The SMILES string of the molecule is CCOC(=O)c1cccnc1C(=O)OCC.O=C(OC(F)(F)CF)c1cccnc1C(=O)OC(F)(F)CF. The maximum absolute atomic E-state index is 12.6. The zero-order valence-corrected chi connectivity index (χ0v) is 19.7. The van der Waals surface area contributed by atoms with Crippen molar-refractivity contribution in [3.8, 4) is 0 Å². The van der Waals surface area contributed by atoms with E-state index in [1.54, 1.807) is 19.9 Å². The van der Waals surface area contributed by atoms with E-state index in [1.165, 1.54) is 12.3 Å². The number of nitrogens with zero attached hydrogens (tertiary/aromatic N) is 2. The first-order chi connectivity index (χ1) is 17.8. The van der Waals surface area contributed by atoms with Gasteiger partial charge in [-0.2, -0.15) is 17.6 Å². The van der Waals surface area contributed by atoms with Crippen molar-refractivity contribution in [2.45, 2.75) is 26.1 Å². The van der Waals surface area contributed by atoms with Crippen molar-refractivity contribution in [2.75, 3.05) is 26.6 Å². The van der Waals surface area contributed by atoms with Gasteiger partial charge in [-0.1, -0.05) is 0 Å². The van der Waals surface area contributed by atoms with Crippen LogP contribution in [0.1, 0.15) is 55.5 Å². The molecule has 0 saturated heterocycles. The first kappa shape index (κ1) is 31.8. The fraction of sp³-hybridized carbons (Fsp3) is 0.364. The van der Waals surface area contributed by atoms with Gasteiger partial charge in [-0.25, -0.2) is 37.9 Å². The second kappa shape index (κ2) is 14.5. The number of alkyl halides is 6. The van der Waals surface area contributed by atoms with Gasteiger partial charge in [0.2, 0.25) is 0 Å². The van der Waals surface area contributed by atoms with Crippen LogP contribution in [0.3, 0.4) is 0 Å². The first-order valence-electron chi connectivity index (χ1n) is 10.4. The molecule has 2 aromatic rings. The molecule has 208 valence electrons. The van der Waals surface area contributed by atoms with Crippen LogP contribution in [0.15, 0.2) is 36.7 Å². The van der Waals surface area contributed by atoms with Gasteiger partial charge in [0.05, 0.1) is 24.3 Å². The predicted octanol–water partition coefficient (Wildman–Crippen LogP) is 3.95. The molecular formula is C22H20F6N2O8. The smallest absolute Gasteiger partial charge is 0.429 e. The molecule has 2 aromatic heterocycles. The molecule has 0 aliphatic rings. The molecule has 0 unspecified atom stereocenters. The predicted molar refractivity (Wildman–Crippen MR) is 113 cm³/mol. The Morgan fingerprint density at radius 3 is 1.53 bits per heavy atom. The molecule has 16 heteroatoms. The quantitative estimate of drug-likeness (QED) is 0.242. The second-order valence-corrected chi connectivity index (χ2v) is 6.56. The number of hydrogen-bond acceptors (Lipinski definition) is 10. The van der Waals surface area contributed by atoms with Gasteiger partial charge >= 0.3 is 36.1 Å². The summed E-state index contributed by atoms with van der Waals surface area (Å²) in [5.41, 5.74) is -1.98. The first-order valence-corrected chi connectivity index (χ1v) is 10.4. The number of hydrogen-bond donors (Lipinski definition) is 0. The van der Waals surface area contributed by atoms with E-state index in [2.05, 4.69) is 19.4 Å². The third-order valence-corrected chi connectivity index (χ3v) is 3.79. The highest BCUT2D eigenvalue weighted by Gasteiger charge is 2.39. The van der Waals surface area contributed by atoms with Crippen LogP contribution in [-0.2, 0) is 18.9 Å². The van der Waals surface area contributed by atoms with Gasteiger partial charge in [-0.3, -0.25) is 0 Å². The summed E-state index contributed by atoms with van der Waals surface area (Å²) in [6.07, 6.45) is -6.68. The number of pyridine rings is 2. The highest BCUT2D eigenvalue weighted by Crippen LogP contribution is 2.22. The Hall–Kier alpha value is -4.24. The minimum Gasteiger partial charge on any atom is -0.462 e. The Labute approximate surface area is 210 Å². The number of rotatable bonds is 10. The lowest BCUT2D eigenvalue weighted by Crippen LogP contribution is -2.31. The summed E-state index contributed by atoms with van der Waals surface area (Å²) < 4.78 is 90.8. The minimum atomic E-state index is -4.49. The average molecular weight is 554 g/mol. The average Bonchev–Trinajstić information content (AvgIpc) is 2.89. The van der Waals surface area contributed by atoms with Gasteiger partial charge in [-0.05, 0) is 38.1 Å². The molecule has 0 aliphatic heterocycles. The van der Waals surface area contributed by atoms with E-state index in [1.807, 2.05) is 0 Å². The zero-order valence-electron chi connectivity index (χ0n) is 19.7. The maximum atomic E-state index is 12.6. The van der Waals surface area contributed by atoms with E-state index >= 15 is 0 Å². The van der Waals surface area contributed by atoms with Gasteiger partial charge in [0.25, 0.3) is 0 Å². The summed E-state index contributed by atoms with van der Waals surface area (Å²) in [7, 11) is 0. The molecule has 0 spiro atoms. The molecule has 0 bridgehead atoms. The third kappa shape index (κ3) is 9.67. The van der Waals surface area contributed by atoms with Gasteiger partial charge < -0.3 is 18.9 Å². The number of aromatic nitrogens is 2. The second-order valence-electron chi connectivity index (χ2n) is 6.56. The van der Waals surface area contributed by atoms with Gasteiger partial charge in [0, 0.05) is 12.4 Å². The van der Waals surface area contributed by atoms with Crippen molar-refractivity contribution in [1.29, 1.82) is 0 Å². The lowest BCUT2D eigenvalue weighted by atomic mass is 10.2. The summed E-state index contributed by atoms with van der Waals surface area (Å²) in [6.45, 7) is -0.819. The fourth-order valence-corrected chi connectivity index (χ4v) is 2.30. The molecular weight excluding hydrogens is 534 g/mol. The largest absolute Gasteiger partial charge is 0.462 e. The Morgan fingerprint density at radius 1 is 0.684 bits per heavy atom.